The summed E-state index contributed by atoms with van der Waals surface area (Å²) in [6.07, 6.45) is 0. The Morgan fingerprint density at radius 3 is 2.81 bits per heavy atom. The van der Waals surface area contributed by atoms with E-state index in [-0.39, 0.29) is 11.4 Å². The smallest absolute Gasteiger partial charge is 0.250 e. The van der Waals surface area contributed by atoms with E-state index in [4.69, 9.17) is 10.9 Å². The van der Waals surface area contributed by atoms with Crippen molar-refractivity contribution < 1.29 is 10.0 Å². The van der Waals surface area contributed by atoms with Crippen molar-refractivity contribution in [1.29, 1.82) is 0 Å². The molecule has 1 aromatic carbocycles. The van der Waals surface area contributed by atoms with Crippen LogP contribution in [0.4, 0.5) is 5.13 Å². The monoisotopic (exact) mass is 336 g/mol. The number of fused-ring (bicyclic) bond motifs is 1. The molecule has 0 aliphatic carbocycles. The number of carbonyl (C=O) groups excluding carboxylic acids is 1. The lowest BCUT2D eigenvalue weighted by molar-refractivity contribution is -0.105. The van der Waals surface area contributed by atoms with E-state index >= 15 is 0 Å². The van der Waals surface area contributed by atoms with Gasteiger partial charge in [-0.25, -0.2) is 9.97 Å². The number of benzene rings is 1. The zero-order valence-corrected chi connectivity index (χ0v) is 12.8. The van der Waals surface area contributed by atoms with E-state index in [9.17, 15) is 4.79 Å². The number of thioether (sulfide) groups is 1. The number of nitrogens with two attached hydrogens (primary N) is 1. The van der Waals surface area contributed by atoms with Gasteiger partial charge in [0.05, 0.1) is 10.2 Å². The third-order valence-electron chi connectivity index (χ3n) is 2.51. The Labute approximate surface area is 131 Å². The van der Waals surface area contributed by atoms with Crippen LogP contribution in [0.5, 0.6) is 0 Å². The van der Waals surface area contributed by atoms with E-state index in [1.165, 1.54) is 22.7 Å². The van der Waals surface area contributed by atoms with E-state index in [1.807, 2.05) is 24.3 Å². The van der Waals surface area contributed by atoms with E-state index in [1.54, 1.807) is 5.38 Å². The molecule has 0 fully saturated rings. The minimum absolute atomic E-state index is 0.132. The summed E-state index contributed by atoms with van der Waals surface area (Å²) in [5.41, 5.74) is 6.48. The van der Waals surface area contributed by atoms with E-state index in [0.717, 1.165) is 22.0 Å². The summed E-state index contributed by atoms with van der Waals surface area (Å²) in [5, 5.41) is 13.5. The molecule has 0 radical (unpaired) electrons. The minimum atomic E-state index is -0.429. The maximum absolute atomic E-state index is 12.2. The van der Waals surface area contributed by atoms with Crippen LogP contribution < -0.4 is 5.73 Å². The number of nitrogens with zero attached hydrogens (tertiary/aromatic N) is 3. The molecule has 2 aromatic heterocycles. The van der Waals surface area contributed by atoms with Crippen LogP contribution in [0.25, 0.3) is 10.2 Å². The highest BCUT2D eigenvalue weighted by molar-refractivity contribution is 8.16. The van der Waals surface area contributed by atoms with Crippen molar-refractivity contribution in [3.8, 4) is 0 Å². The number of oxime groups is 1. The Bertz CT molecular complexity index is 807. The lowest BCUT2D eigenvalue weighted by atomic mass is 10.3. The predicted octanol–water partition coefficient (Wildman–Crippen LogP) is 2.83. The van der Waals surface area contributed by atoms with Gasteiger partial charge in [-0.1, -0.05) is 17.3 Å². The Morgan fingerprint density at radius 1 is 1.33 bits per heavy atom. The Kier molecular flexibility index (Phi) is 3.86. The second-order valence-electron chi connectivity index (χ2n) is 3.86. The fourth-order valence-corrected chi connectivity index (χ4v) is 4.07. The molecule has 0 bridgehead atoms. The maximum Gasteiger partial charge on any atom is 0.250 e. The van der Waals surface area contributed by atoms with Crippen LogP contribution in [0.1, 0.15) is 5.69 Å². The number of aromatic nitrogens is 2. The third kappa shape index (κ3) is 2.89. The fraction of sp³-hybridized carbons (Fsp3) is 0. The van der Waals surface area contributed by atoms with Crippen LogP contribution in [-0.2, 0) is 4.79 Å². The molecule has 0 atom stereocenters. The molecule has 3 aromatic rings. The van der Waals surface area contributed by atoms with Crippen molar-refractivity contribution in [2.75, 3.05) is 5.73 Å². The first kappa shape index (κ1) is 14.0. The number of hydrogen-bond acceptors (Lipinski definition) is 9. The molecule has 0 aliphatic heterocycles. The van der Waals surface area contributed by atoms with Gasteiger partial charge in [-0.05, 0) is 23.9 Å². The molecule has 2 heterocycles. The molecule has 0 saturated carbocycles. The van der Waals surface area contributed by atoms with Crippen LogP contribution in [0.3, 0.4) is 0 Å². The zero-order valence-electron chi connectivity index (χ0n) is 10.4. The molecule has 0 amide bonds. The fourth-order valence-electron chi connectivity index (χ4n) is 1.62. The van der Waals surface area contributed by atoms with Crippen LogP contribution in [0, 0.1) is 0 Å². The van der Waals surface area contributed by atoms with Crippen LogP contribution in [0.2, 0.25) is 0 Å². The molecule has 0 aliphatic rings. The molecular weight excluding hydrogens is 328 g/mol. The summed E-state index contributed by atoms with van der Waals surface area (Å²) in [4.78, 5) is 20.5. The second kappa shape index (κ2) is 5.80. The standard InChI is InChI=1S/C12H8N4O2S3/c13-11-14-7(5-19-11)9(16-18)10(17)21-12-15-6-3-1-2-4-8(6)20-12/h1-5,18H,(H2,13,14)/b16-9+. The summed E-state index contributed by atoms with van der Waals surface area (Å²) >= 11 is 3.49. The molecule has 0 unspecified atom stereocenters. The molecule has 3 rings (SSSR count). The van der Waals surface area contributed by atoms with Crippen molar-refractivity contribution >= 4 is 60.6 Å². The van der Waals surface area contributed by atoms with E-state index in [0.29, 0.717) is 9.47 Å². The first-order valence-corrected chi connectivity index (χ1v) is 8.20. The summed E-state index contributed by atoms with van der Waals surface area (Å²) in [5.74, 6) is 0. The highest BCUT2D eigenvalue weighted by Crippen LogP contribution is 2.30. The largest absolute Gasteiger partial charge is 0.410 e. The van der Waals surface area contributed by atoms with Crippen molar-refractivity contribution in [3.05, 3.63) is 35.3 Å². The maximum atomic E-state index is 12.2. The van der Waals surface area contributed by atoms with Gasteiger partial charge in [-0.15, -0.1) is 22.7 Å². The predicted molar refractivity (Wildman–Crippen MR) is 85.3 cm³/mol. The van der Waals surface area contributed by atoms with Crippen LogP contribution in [0.15, 0.2) is 39.1 Å². The minimum Gasteiger partial charge on any atom is -0.410 e. The van der Waals surface area contributed by atoms with Gasteiger partial charge in [-0.2, -0.15) is 0 Å². The molecule has 0 saturated heterocycles. The number of anilines is 1. The Balaban J connectivity index is 1.84. The summed E-state index contributed by atoms with van der Waals surface area (Å²) in [6, 6.07) is 7.61. The Morgan fingerprint density at radius 2 is 2.14 bits per heavy atom. The molecule has 0 spiro atoms. The van der Waals surface area contributed by atoms with Gasteiger partial charge >= 0.3 is 0 Å². The average molecular weight is 336 g/mol. The third-order valence-corrected chi connectivity index (χ3v) is 5.16. The van der Waals surface area contributed by atoms with E-state index in [2.05, 4.69) is 15.1 Å². The SMILES string of the molecule is Nc1nc(/C(=N\O)C(=O)Sc2nc3ccccc3s2)cs1. The topological polar surface area (TPSA) is 101 Å². The summed E-state index contributed by atoms with van der Waals surface area (Å²) in [7, 11) is 0. The quantitative estimate of drug-likeness (QED) is 0.330. The first-order valence-electron chi connectivity index (χ1n) is 5.68. The lowest BCUT2D eigenvalue weighted by Crippen LogP contribution is -2.12. The average Bonchev–Trinajstić information content (AvgIpc) is 3.05. The van der Waals surface area contributed by atoms with Gasteiger partial charge in [-0.3, -0.25) is 4.79 Å². The summed E-state index contributed by atoms with van der Waals surface area (Å²) < 4.78 is 1.58. The van der Waals surface area contributed by atoms with Crippen LogP contribution >= 0.6 is 34.4 Å². The molecule has 106 valence electrons. The molecule has 9 heteroatoms. The van der Waals surface area contributed by atoms with Gasteiger partial charge in [0.2, 0.25) is 5.12 Å². The first-order chi connectivity index (χ1) is 10.2. The Hall–Kier alpha value is -1.97. The van der Waals surface area contributed by atoms with Crippen LogP contribution in [-0.4, -0.2) is 26.0 Å². The van der Waals surface area contributed by atoms with Gasteiger partial charge in [0.1, 0.15) is 5.69 Å². The van der Waals surface area contributed by atoms with Crippen molar-refractivity contribution in [2.45, 2.75) is 4.34 Å². The van der Waals surface area contributed by atoms with Crippen molar-refractivity contribution in [1.82, 2.24) is 9.97 Å². The highest BCUT2D eigenvalue weighted by Gasteiger charge is 2.21. The number of thiazole rings is 2. The number of carbonyl (C=O) groups is 1. The zero-order chi connectivity index (χ0) is 14.8. The normalized spacial score (nSPS) is 11.9. The van der Waals surface area contributed by atoms with Gasteiger partial charge in [0.25, 0.3) is 0 Å². The lowest BCUT2D eigenvalue weighted by Gasteiger charge is -1.97. The van der Waals surface area contributed by atoms with E-state index < -0.39 is 5.12 Å². The molecular formula is C12H8N4O2S3. The van der Waals surface area contributed by atoms with Crippen molar-refractivity contribution in [3.63, 3.8) is 0 Å². The highest BCUT2D eigenvalue weighted by atomic mass is 32.2. The molecule has 3 N–H and O–H groups in total. The second-order valence-corrected chi connectivity index (χ2v) is 7.00. The number of rotatable bonds is 3. The number of nitrogen functional groups attached to an aromatic ring is 1. The van der Waals surface area contributed by atoms with Gasteiger partial charge < -0.3 is 10.9 Å². The molecule has 6 nitrogen and oxygen atoms in total. The number of para-hydroxylation sites is 1. The number of hydrogen-bond donors (Lipinski definition) is 2. The van der Waals surface area contributed by atoms with Gasteiger partial charge in [0.15, 0.2) is 15.2 Å². The summed E-state index contributed by atoms with van der Waals surface area (Å²) in [6.45, 7) is 0. The van der Waals surface area contributed by atoms with Crippen molar-refractivity contribution in [2.24, 2.45) is 5.16 Å². The molecule has 21 heavy (non-hydrogen) atoms. The van der Waals surface area contributed by atoms with Gasteiger partial charge in [0, 0.05) is 5.38 Å².